The fraction of sp³-hybridized carbons (Fsp3) is 0.714. The Balaban J connectivity index is 5.91. The highest BCUT2D eigenvalue weighted by Crippen LogP contribution is 2.09. The van der Waals surface area contributed by atoms with Gasteiger partial charge in [0.1, 0.15) is 36.3 Å². The van der Waals surface area contributed by atoms with Crippen LogP contribution in [0.5, 0.6) is 0 Å². The maximum Gasteiger partial charge on any atom is 0.326 e. The number of aliphatic carboxylic acids is 3. The van der Waals surface area contributed by atoms with E-state index in [1.807, 2.05) is 0 Å². The molecule has 0 unspecified atom stereocenters. The Labute approximate surface area is 351 Å². The Morgan fingerprint density at radius 3 is 1.51 bits per heavy atom. The zero-order chi connectivity index (χ0) is 45.2. The molecule has 14 N–H and O–H groups in total. The van der Waals surface area contributed by atoms with E-state index < -0.39 is 127 Å². The lowest BCUT2D eigenvalue weighted by Crippen LogP contribution is -2.59. The van der Waals surface area contributed by atoms with E-state index in [2.05, 4.69) is 37.2 Å². The number of nitrogens with one attached hydrogen (secondary N) is 7. The van der Waals surface area contributed by atoms with Crippen molar-refractivity contribution in [2.45, 2.75) is 114 Å². The van der Waals surface area contributed by atoms with Gasteiger partial charge in [0, 0.05) is 6.42 Å². The zero-order valence-corrected chi connectivity index (χ0v) is 35.6. The molecule has 0 aliphatic rings. The van der Waals surface area contributed by atoms with Crippen LogP contribution < -0.4 is 48.7 Å². The lowest BCUT2D eigenvalue weighted by atomic mass is 10.0. The lowest BCUT2D eigenvalue weighted by Gasteiger charge is -2.27. The maximum absolute atomic E-state index is 13.5. The standard InChI is InChI=1S/C35H61N9O13S2/c1-18(2)28(44-32(53)20(9-10-26(46)47)41-31(52)22(12-15-59-5)40-29(50)19(3)37)34(55)38-17-25(45)39-21(11-14-58-4)30(51)43-24(16-27(48)49)33(54)42-23(35(56)57)8-6-7-13-36/h18-24,28H,6-17,36-37H2,1-5H3,(H,38,55)(H,39,45)(H,40,50)(H,41,52)(H,42,54)(H,43,51)(H,44,53)(H,46,47)(H,48,49)(H,56,57)/t19-,20-,21-,22-,23-,24-,28-/m0/s1. The van der Waals surface area contributed by atoms with Crippen LogP contribution in [0, 0.1) is 5.92 Å². The van der Waals surface area contributed by atoms with E-state index in [1.54, 1.807) is 26.4 Å². The van der Waals surface area contributed by atoms with Crippen LogP contribution in [0.15, 0.2) is 0 Å². The van der Waals surface area contributed by atoms with Crippen LogP contribution in [0.25, 0.3) is 0 Å². The van der Waals surface area contributed by atoms with Crippen molar-refractivity contribution >= 4 is 82.8 Å². The quantitative estimate of drug-likeness (QED) is 0.0310. The molecule has 336 valence electrons. The van der Waals surface area contributed by atoms with Crippen LogP contribution in [0.4, 0.5) is 0 Å². The molecule has 24 heteroatoms. The molecule has 0 aromatic rings. The summed E-state index contributed by atoms with van der Waals surface area (Å²) in [6.07, 6.45) is 2.69. The van der Waals surface area contributed by atoms with E-state index in [0.717, 1.165) is 0 Å². The van der Waals surface area contributed by atoms with Gasteiger partial charge >= 0.3 is 17.9 Å². The topological polar surface area (TPSA) is 368 Å². The van der Waals surface area contributed by atoms with Gasteiger partial charge in [0.05, 0.1) is 19.0 Å². The molecule has 0 bridgehead atoms. The summed E-state index contributed by atoms with van der Waals surface area (Å²) >= 11 is 2.70. The number of carboxylic acid groups (broad SMARTS) is 3. The van der Waals surface area contributed by atoms with Crippen molar-refractivity contribution in [2.24, 2.45) is 17.4 Å². The molecular weight excluding hydrogens is 819 g/mol. The summed E-state index contributed by atoms with van der Waals surface area (Å²) in [5, 5.41) is 44.9. The summed E-state index contributed by atoms with van der Waals surface area (Å²) in [6, 6.07) is -9.22. The van der Waals surface area contributed by atoms with Crippen molar-refractivity contribution in [1.29, 1.82) is 0 Å². The number of nitrogens with two attached hydrogens (primary N) is 2. The second-order valence-electron chi connectivity index (χ2n) is 13.8. The Hall–Kier alpha value is -4.68. The van der Waals surface area contributed by atoms with Crippen LogP contribution in [-0.4, -0.2) is 154 Å². The van der Waals surface area contributed by atoms with Crippen LogP contribution in [0.1, 0.15) is 72.1 Å². The number of thioether (sulfide) groups is 2. The highest BCUT2D eigenvalue weighted by molar-refractivity contribution is 7.98. The average Bonchev–Trinajstić information content (AvgIpc) is 3.15. The average molecular weight is 880 g/mol. The molecule has 0 radical (unpaired) electrons. The van der Waals surface area contributed by atoms with Crippen LogP contribution >= 0.6 is 23.5 Å². The molecule has 7 atom stereocenters. The number of rotatable bonds is 31. The summed E-state index contributed by atoms with van der Waals surface area (Å²) in [7, 11) is 0. The van der Waals surface area contributed by atoms with E-state index in [9.17, 15) is 63.3 Å². The number of amides is 7. The van der Waals surface area contributed by atoms with Crippen molar-refractivity contribution in [3.05, 3.63) is 0 Å². The van der Waals surface area contributed by atoms with E-state index in [1.165, 1.54) is 30.4 Å². The fourth-order valence-corrected chi connectivity index (χ4v) is 6.05. The SMILES string of the molecule is CSCC[C@H](NC(=O)CNC(=O)[C@@H](NC(=O)[C@H](CCC(=O)O)NC(=O)[C@H](CCSC)NC(=O)[C@H](C)N)C(C)C)C(=O)N[C@@H](CC(=O)O)C(=O)N[C@@H](CCCCN)C(=O)O. The number of carbonyl (C=O) groups excluding carboxylic acids is 7. The number of hydrogen-bond donors (Lipinski definition) is 12. The zero-order valence-electron chi connectivity index (χ0n) is 34.0. The molecule has 0 saturated carbocycles. The number of carbonyl (C=O) groups is 10. The van der Waals surface area contributed by atoms with Crippen molar-refractivity contribution in [2.75, 3.05) is 37.1 Å². The van der Waals surface area contributed by atoms with Gasteiger partial charge in [-0.3, -0.25) is 43.2 Å². The molecule has 7 amide bonds. The minimum atomic E-state index is -1.71. The summed E-state index contributed by atoms with van der Waals surface area (Å²) < 4.78 is 0. The van der Waals surface area contributed by atoms with Gasteiger partial charge in [-0.15, -0.1) is 0 Å². The van der Waals surface area contributed by atoms with Crippen LogP contribution in [0.3, 0.4) is 0 Å². The van der Waals surface area contributed by atoms with Crippen molar-refractivity contribution < 1.29 is 63.3 Å². The van der Waals surface area contributed by atoms with Gasteiger partial charge in [-0.2, -0.15) is 23.5 Å². The minimum absolute atomic E-state index is 0.00220. The maximum atomic E-state index is 13.5. The predicted octanol–water partition coefficient (Wildman–Crippen LogP) is -2.93. The summed E-state index contributed by atoms with van der Waals surface area (Å²) in [4.78, 5) is 126. The molecule has 0 aromatic carbocycles. The van der Waals surface area contributed by atoms with Gasteiger partial charge in [-0.25, -0.2) is 4.79 Å². The third-order valence-corrected chi connectivity index (χ3v) is 9.73. The first-order valence-corrected chi connectivity index (χ1v) is 21.7. The highest BCUT2D eigenvalue weighted by Gasteiger charge is 2.33. The van der Waals surface area contributed by atoms with E-state index >= 15 is 0 Å². The molecule has 22 nitrogen and oxygen atoms in total. The molecule has 59 heavy (non-hydrogen) atoms. The monoisotopic (exact) mass is 879 g/mol. The largest absolute Gasteiger partial charge is 0.481 e. The van der Waals surface area contributed by atoms with Crippen LogP contribution in [-0.2, 0) is 47.9 Å². The Bertz CT molecular complexity index is 1450. The van der Waals surface area contributed by atoms with Crippen molar-refractivity contribution in [3.8, 4) is 0 Å². The lowest BCUT2D eigenvalue weighted by molar-refractivity contribution is -0.144. The normalized spacial score (nSPS) is 14.5. The molecule has 0 aliphatic carbocycles. The molecule has 0 aromatic heterocycles. The first-order valence-electron chi connectivity index (χ1n) is 18.9. The number of carboxylic acids is 3. The fourth-order valence-electron chi connectivity index (χ4n) is 5.11. The third kappa shape index (κ3) is 22.9. The summed E-state index contributed by atoms with van der Waals surface area (Å²) in [5.74, 6) is -10.0. The molecule has 0 spiro atoms. The van der Waals surface area contributed by atoms with Gasteiger partial charge in [-0.1, -0.05) is 13.8 Å². The third-order valence-electron chi connectivity index (χ3n) is 8.44. The van der Waals surface area contributed by atoms with E-state index in [0.29, 0.717) is 24.3 Å². The molecular formula is C35H61N9O13S2. The Morgan fingerprint density at radius 2 is 1.03 bits per heavy atom. The second kappa shape index (κ2) is 29.5. The second-order valence-corrected chi connectivity index (χ2v) is 15.8. The molecule has 0 saturated heterocycles. The number of unbranched alkanes of at least 4 members (excludes halogenated alkanes) is 1. The van der Waals surface area contributed by atoms with Gasteiger partial charge in [0.15, 0.2) is 0 Å². The van der Waals surface area contributed by atoms with Crippen molar-refractivity contribution in [3.63, 3.8) is 0 Å². The smallest absolute Gasteiger partial charge is 0.326 e. The highest BCUT2D eigenvalue weighted by atomic mass is 32.2. The van der Waals surface area contributed by atoms with Gasteiger partial charge in [0.2, 0.25) is 41.4 Å². The first kappa shape index (κ1) is 54.3. The van der Waals surface area contributed by atoms with E-state index in [4.69, 9.17) is 11.5 Å². The first-order chi connectivity index (χ1) is 27.7. The number of hydrogen-bond acceptors (Lipinski definition) is 14. The van der Waals surface area contributed by atoms with Gasteiger partial charge < -0.3 is 64.0 Å². The molecule has 0 aliphatic heterocycles. The Kier molecular flexibility index (Phi) is 27.2. The molecule has 0 heterocycles. The molecule has 0 fully saturated rings. The Morgan fingerprint density at radius 1 is 0.559 bits per heavy atom. The van der Waals surface area contributed by atoms with Gasteiger partial charge in [-0.05, 0) is 81.9 Å². The van der Waals surface area contributed by atoms with Crippen molar-refractivity contribution in [1.82, 2.24) is 37.2 Å². The summed E-state index contributed by atoms with van der Waals surface area (Å²) in [6.45, 7) is 4.14. The minimum Gasteiger partial charge on any atom is -0.481 e. The predicted molar refractivity (Wildman–Crippen MR) is 219 cm³/mol. The van der Waals surface area contributed by atoms with Gasteiger partial charge in [0.25, 0.3) is 0 Å². The van der Waals surface area contributed by atoms with E-state index in [-0.39, 0.29) is 32.2 Å². The van der Waals surface area contributed by atoms with Crippen LogP contribution in [0.2, 0.25) is 0 Å². The summed E-state index contributed by atoms with van der Waals surface area (Å²) in [5.41, 5.74) is 11.1. The molecule has 0 rings (SSSR count).